The molecule has 0 aromatic heterocycles. The van der Waals surface area contributed by atoms with Gasteiger partial charge >= 0.3 is 0 Å². The standard InChI is InChI=1S/C12H17N/c1-10(2)11-5-3-6-12(9-11)13-7-4-8-13/h3,5-6,9-10H,4,7-8H2,1-2H3. The zero-order valence-corrected chi connectivity index (χ0v) is 8.46. The molecule has 0 spiro atoms. The Balaban J connectivity index is 2.21. The quantitative estimate of drug-likeness (QED) is 0.668. The third kappa shape index (κ3) is 1.69. The van der Waals surface area contributed by atoms with Crippen LogP contribution in [-0.2, 0) is 0 Å². The first kappa shape index (κ1) is 8.61. The van der Waals surface area contributed by atoms with Crippen LogP contribution in [0.5, 0.6) is 0 Å². The molecule has 0 amide bonds. The van der Waals surface area contributed by atoms with E-state index in [0.29, 0.717) is 5.92 Å². The van der Waals surface area contributed by atoms with E-state index in [-0.39, 0.29) is 0 Å². The van der Waals surface area contributed by atoms with E-state index in [2.05, 4.69) is 43.0 Å². The summed E-state index contributed by atoms with van der Waals surface area (Å²) in [6, 6.07) is 8.92. The van der Waals surface area contributed by atoms with Crippen molar-refractivity contribution < 1.29 is 0 Å². The minimum atomic E-state index is 0.640. The van der Waals surface area contributed by atoms with Gasteiger partial charge in [-0.15, -0.1) is 0 Å². The van der Waals surface area contributed by atoms with Crippen LogP contribution < -0.4 is 4.90 Å². The van der Waals surface area contributed by atoms with Gasteiger partial charge in [0, 0.05) is 18.8 Å². The van der Waals surface area contributed by atoms with E-state index in [9.17, 15) is 0 Å². The number of rotatable bonds is 2. The lowest BCUT2D eigenvalue weighted by Gasteiger charge is -2.33. The van der Waals surface area contributed by atoms with Gasteiger partial charge in [-0.3, -0.25) is 0 Å². The predicted octanol–water partition coefficient (Wildman–Crippen LogP) is 3.02. The molecule has 1 fully saturated rings. The monoisotopic (exact) mass is 175 g/mol. The Morgan fingerprint density at radius 2 is 2.00 bits per heavy atom. The first-order valence-corrected chi connectivity index (χ1v) is 5.12. The van der Waals surface area contributed by atoms with Gasteiger partial charge in [-0.2, -0.15) is 0 Å². The third-order valence-corrected chi connectivity index (χ3v) is 2.76. The molecule has 0 unspecified atom stereocenters. The Bertz CT molecular complexity index is 287. The summed E-state index contributed by atoms with van der Waals surface area (Å²) in [4.78, 5) is 2.44. The molecule has 1 aromatic carbocycles. The lowest BCUT2D eigenvalue weighted by molar-refractivity contribution is 0.617. The van der Waals surface area contributed by atoms with E-state index in [1.54, 1.807) is 0 Å². The largest absolute Gasteiger partial charge is 0.371 e. The van der Waals surface area contributed by atoms with Crippen LogP contribution in [0.3, 0.4) is 0 Å². The van der Waals surface area contributed by atoms with Gasteiger partial charge in [0.1, 0.15) is 0 Å². The highest BCUT2D eigenvalue weighted by atomic mass is 15.2. The van der Waals surface area contributed by atoms with E-state index in [4.69, 9.17) is 0 Å². The maximum Gasteiger partial charge on any atom is 0.0369 e. The molecule has 0 atom stereocenters. The highest BCUT2D eigenvalue weighted by molar-refractivity contribution is 5.50. The molecule has 1 nitrogen and oxygen atoms in total. The number of nitrogens with zero attached hydrogens (tertiary/aromatic N) is 1. The Kier molecular flexibility index (Phi) is 2.26. The van der Waals surface area contributed by atoms with Crippen LogP contribution in [0, 0.1) is 0 Å². The second-order valence-corrected chi connectivity index (χ2v) is 4.09. The molecule has 1 saturated heterocycles. The van der Waals surface area contributed by atoms with Crippen molar-refractivity contribution in [3.05, 3.63) is 29.8 Å². The Morgan fingerprint density at radius 1 is 1.23 bits per heavy atom. The van der Waals surface area contributed by atoms with Crippen LogP contribution in [0.25, 0.3) is 0 Å². The summed E-state index contributed by atoms with van der Waals surface area (Å²) in [5, 5.41) is 0. The molecular formula is C12H17N. The van der Waals surface area contributed by atoms with Crippen LogP contribution in [0.4, 0.5) is 5.69 Å². The molecule has 70 valence electrons. The van der Waals surface area contributed by atoms with E-state index in [1.165, 1.54) is 30.8 Å². The molecule has 0 saturated carbocycles. The van der Waals surface area contributed by atoms with E-state index < -0.39 is 0 Å². The van der Waals surface area contributed by atoms with Gasteiger partial charge in [-0.05, 0) is 30.0 Å². The molecule has 1 heterocycles. The number of hydrogen-bond donors (Lipinski definition) is 0. The van der Waals surface area contributed by atoms with Gasteiger partial charge in [0.15, 0.2) is 0 Å². The summed E-state index contributed by atoms with van der Waals surface area (Å²) in [5.41, 5.74) is 2.85. The van der Waals surface area contributed by atoms with Gasteiger partial charge in [-0.25, -0.2) is 0 Å². The minimum absolute atomic E-state index is 0.640. The fourth-order valence-electron chi connectivity index (χ4n) is 1.66. The average molecular weight is 175 g/mol. The van der Waals surface area contributed by atoms with Crippen molar-refractivity contribution in [2.75, 3.05) is 18.0 Å². The second-order valence-electron chi connectivity index (χ2n) is 4.09. The number of benzene rings is 1. The Labute approximate surface area is 80.4 Å². The summed E-state index contributed by atoms with van der Waals surface area (Å²) in [6.45, 7) is 6.97. The Hall–Kier alpha value is -0.980. The normalized spacial score (nSPS) is 16.1. The van der Waals surface area contributed by atoms with Crippen molar-refractivity contribution in [1.29, 1.82) is 0 Å². The zero-order valence-electron chi connectivity index (χ0n) is 8.46. The molecule has 1 aromatic rings. The highest BCUT2D eigenvalue weighted by Crippen LogP contribution is 2.24. The summed E-state index contributed by atoms with van der Waals surface area (Å²) in [5.74, 6) is 0.640. The maximum atomic E-state index is 2.44. The van der Waals surface area contributed by atoms with Gasteiger partial charge in [0.2, 0.25) is 0 Å². The van der Waals surface area contributed by atoms with E-state index in [1.807, 2.05) is 0 Å². The minimum Gasteiger partial charge on any atom is -0.371 e. The third-order valence-electron chi connectivity index (χ3n) is 2.76. The molecule has 0 N–H and O–H groups in total. The fraction of sp³-hybridized carbons (Fsp3) is 0.500. The molecule has 0 bridgehead atoms. The van der Waals surface area contributed by atoms with Crippen molar-refractivity contribution in [1.82, 2.24) is 0 Å². The highest BCUT2D eigenvalue weighted by Gasteiger charge is 2.14. The Morgan fingerprint density at radius 3 is 2.54 bits per heavy atom. The SMILES string of the molecule is CC(C)c1cccc(N2CCC2)c1. The van der Waals surface area contributed by atoms with Crippen LogP contribution in [-0.4, -0.2) is 13.1 Å². The molecular weight excluding hydrogens is 158 g/mol. The van der Waals surface area contributed by atoms with Crippen LogP contribution >= 0.6 is 0 Å². The van der Waals surface area contributed by atoms with E-state index in [0.717, 1.165) is 0 Å². The van der Waals surface area contributed by atoms with Gasteiger partial charge in [0.25, 0.3) is 0 Å². The van der Waals surface area contributed by atoms with Crippen molar-refractivity contribution in [2.24, 2.45) is 0 Å². The molecule has 1 heteroatoms. The van der Waals surface area contributed by atoms with Crippen LogP contribution in [0.15, 0.2) is 24.3 Å². The molecule has 0 radical (unpaired) electrons. The first-order valence-electron chi connectivity index (χ1n) is 5.12. The molecule has 1 aliphatic heterocycles. The summed E-state index contributed by atoms with van der Waals surface area (Å²) < 4.78 is 0. The summed E-state index contributed by atoms with van der Waals surface area (Å²) in [7, 11) is 0. The lowest BCUT2D eigenvalue weighted by Crippen LogP contribution is -2.36. The van der Waals surface area contributed by atoms with Crippen molar-refractivity contribution >= 4 is 5.69 Å². The van der Waals surface area contributed by atoms with Crippen LogP contribution in [0.2, 0.25) is 0 Å². The topological polar surface area (TPSA) is 3.24 Å². The van der Waals surface area contributed by atoms with E-state index >= 15 is 0 Å². The predicted molar refractivity (Wildman–Crippen MR) is 57.4 cm³/mol. The van der Waals surface area contributed by atoms with Crippen molar-refractivity contribution in [3.8, 4) is 0 Å². The van der Waals surface area contributed by atoms with Gasteiger partial charge < -0.3 is 4.90 Å². The van der Waals surface area contributed by atoms with Crippen molar-refractivity contribution in [2.45, 2.75) is 26.2 Å². The molecule has 1 aliphatic rings. The van der Waals surface area contributed by atoms with Crippen LogP contribution in [0.1, 0.15) is 31.7 Å². The smallest absolute Gasteiger partial charge is 0.0369 e. The zero-order chi connectivity index (χ0) is 9.26. The summed E-state index contributed by atoms with van der Waals surface area (Å²) in [6.07, 6.45) is 1.35. The van der Waals surface area contributed by atoms with Gasteiger partial charge in [-0.1, -0.05) is 26.0 Å². The first-order chi connectivity index (χ1) is 6.27. The number of hydrogen-bond acceptors (Lipinski definition) is 1. The number of anilines is 1. The van der Waals surface area contributed by atoms with Gasteiger partial charge in [0.05, 0.1) is 0 Å². The average Bonchev–Trinajstić information content (AvgIpc) is 2.01. The second kappa shape index (κ2) is 3.41. The van der Waals surface area contributed by atoms with Crippen molar-refractivity contribution in [3.63, 3.8) is 0 Å². The lowest BCUT2D eigenvalue weighted by atomic mass is 10.0. The summed E-state index contributed by atoms with van der Waals surface area (Å²) >= 11 is 0. The fourth-order valence-corrected chi connectivity index (χ4v) is 1.66. The molecule has 13 heavy (non-hydrogen) atoms. The molecule has 2 rings (SSSR count). The molecule has 0 aliphatic carbocycles. The maximum absolute atomic E-state index is 2.44.